The minimum absolute atomic E-state index is 0.334. The Kier molecular flexibility index (Phi) is 5.99. The van der Waals surface area contributed by atoms with Gasteiger partial charge in [-0.05, 0) is 13.0 Å². The van der Waals surface area contributed by atoms with E-state index in [4.69, 9.17) is 0 Å². The fourth-order valence-corrected chi connectivity index (χ4v) is 1.14. The van der Waals surface area contributed by atoms with E-state index in [1.54, 1.807) is 0 Å². The van der Waals surface area contributed by atoms with E-state index in [1.807, 2.05) is 14.0 Å². The molecule has 0 aliphatic rings. The fraction of sp³-hybridized carbons (Fsp3) is 0.900. The van der Waals surface area contributed by atoms with Gasteiger partial charge in [-0.15, -0.1) is 0 Å². The molecule has 0 fully saturated rings. The molecule has 12 heavy (non-hydrogen) atoms. The van der Waals surface area contributed by atoms with Crippen molar-refractivity contribution in [2.45, 2.75) is 33.6 Å². The van der Waals surface area contributed by atoms with Crippen molar-refractivity contribution in [2.24, 2.45) is 5.92 Å². The second kappa shape index (κ2) is 6.18. The molecule has 1 unspecified atom stereocenters. The van der Waals surface area contributed by atoms with Crippen LogP contribution < -0.4 is 0 Å². The Bertz CT molecular complexity index is 134. The highest BCUT2D eigenvalue weighted by molar-refractivity contribution is 5.80. The lowest BCUT2D eigenvalue weighted by atomic mass is 10.1. The molecule has 72 valence electrons. The Morgan fingerprint density at radius 2 is 2.00 bits per heavy atom. The van der Waals surface area contributed by atoms with E-state index in [9.17, 15) is 4.79 Å². The molecule has 0 aromatic carbocycles. The normalized spacial score (nSPS) is 13.4. The van der Waals surface area contributed by atoms with Gasteiger partial charge >= 0.3 is 0 Å². The van der Waals surface area contributed by atoms with Crippen molar-refractivity contribution in [1.82, 2.24) is 4.90 Å². The Morgan fingerprint density at radius 1 is 1.42 bits per heavy atom. The summed E-state index contributed by atoms with van der Waals surface area (Å²) < 4.78 is 0. The molecule has 0 saturated carbocycles. The molecular weight excluding hydrogens is 150 g/mol. The van der Waals surface area contributed by atoms with Crippen molar-refractivity contribution in [3.8, 4) is 0 Å². The summed E-state index contributed by atoms with van der Waals surface area (Å²) in [5.41, 5.74) is 0. The van der Waals surface area contributed by atoms with Gasteiger partial charge in [-0.3, -0.25) is 9.69 Å². The number of hydrogen-bond donors (Lipinski definition) is 0. The van der Waals surface area contributed by atoms with Crippen LogP contribution in [0.2, 0.25) is 0 Å². The summed E-state index contributed by atoms with van der Waals surface area (Å²) in [4.78, 5) is 13.2. The lowest BCUT2D eigenvalue weighted by Crippen LogP contribution is -2.29. The van der Waals surface area contributed by atoms with Gasteiger partial charge in [-0.2, -0.15) is 0 Å². The number of rotatable bonds is 6. The van der Waals surface area contributed by atoms with E-state index in [0.29, 0.717) is 24.7 Å². The largest absolute Gasteiger partial charge is 0.299 e. The van der Waals surface area contributed by atoms with Gasteiger partial charge < -0.3 is 0 Å². The van der Waals surface area contributed by atoms with E-state index >= 15 is 0 Å². The number of carbonyl (C=O) groups excluding carboxylic acids is 1. The molecule has 0 aromatic heterocycles. The average Bonchev–Trinajstić information content (AvgIpc) is 2.03. The van der Waals surface area contributed by atoms with Crippen LogP contribution in [0.15, 0.2) is 0 Å². The van der Waals surface area contributed by atoms with Crippen LogP contribution in [0.4, 0.5) is 0 Å². The Hall–Kier alpha value is -0.370. The number of likely N-dealkylation sites (N-methyl/N-ethyl adjacent to an activating group) is 1. The van der Waals surface area contributed by atoms with Gasteiger partial charge in [0.2, 0.25) is 0 Å². The van der Waals surface area contributed by atoms with Crippen molar-refractivity contribution in [3.05, 3.63) is 0 Å². The highest BCUT2D eigenvalue weighted by Gasteiger charge is 2.07. The monoisotopic (exact) mass is 171 g/mol. The molecule has 0 heterocycles. The average molecular weight is 171 g/mol. The summed E-state index contributed by atoms with van der Waals surface area (Å²) in [6.45, 7) is 7.95. The minimum Gasteiger partial charge on any atom is -0.299 e. The van der Waals surface area contributed by atoms with Crippen LogP contribution in [0.5, 0.6) is 0 Å². The van der Waals surface area contributed by atoms with Crippen LogP contribution >= 0.6 is 0 Å². The molecule has 0 aliphatic carbocycles. The molecule has 1 atom stereocenters. The maximum absolute atomic E-state index is 11.1. The zero-order chi connectivity index (χ0) is 9.56. The number of ketones is 1. The predicted molar refractivity (Wildman–Crippen MR) is 52.3 cm³/mol. The third-order valence-corrected chi connectivity index (χ3v) is 2.16. The molecule has 0 amide bonds. The Labute approximate surface area is 75.9 Å². The van der Waals surface area contributed by atoms with E-state index in [0.717, 1.165) is 6.54 Å². The molecule has 0 radical (unpaired) electrons. The van der Waals surface area contributed by atoms with Gasteiger partial charge in [-0.1, -0.05) is 27.2 Å². The first-order valence-corrected chi connectivity index (χ1v) is 4.80. The fourth-order valence-electron chi connectivity index (χ4n) is 1.14. The number of carbonyl (C=O) groups is 1. The molecule has 0 aliphatic heterocycles. The van der Waals surface area contributed by atoms with Crippen LogP contribution in [0.3, 0.4) is 0 Å². The van der Waals surface area contributed by atoms with Crippen LogP contribution in [-0.4, -0.2) is 30.8 Å². The van der Waals surface area contributed by atoms with Gasteiger partial charge in [0.1, 0.15) is 5.78 Å². The maximum atomic E-state index is 11.1. The smallest absolute Gasteiger partial charge is 0.146 e. The number of Topliss-reactive ketones (excluding diaryl/α,β-unsaturated/α-hetero) is 1. The van der Waals surface area contributed by atoms with Gasteiger partial charge in [0.05, 0.1) is 6.54 Å². The topological polar surface area (TPSA) is 20.3 Å². The van der Waals surface area contributed by atoms with E-state index < -0.39 is 0 Å². The zero-order valence-electron chi connectivity index (χ0n) is 8.76. The van der Waals surface area contributed by atoms with Gasteiger partial charge in [0.25, 0.3) is 0 Å². The first-order chi connectivity index (χ1) is 5.60. The molecule has 2 nitrogen and oxygen atoms in total. The van der Waals surface area contributed by atoms with Crippen molar-refractivity contribution < 1.29 is 4.79 Å². The Morgan fingerprint density at radius 3 is 2.42 bits per heavy atom. The highest BCUT2D eigenvalue weighted by atomic mass is 16.1. The summed E-state index contributed by atoms with van der Waals surface area (Å²) in [5.74, 6) is 1.03. The molecule has 0 saturated heterocycles. The summed E-state index contributed by atoms with van der Waals surface area (Å²) in [5, 5.41) is 0. The minimum atomic E-state index is 0.334. The molecular formula is C10H21NO. The quantitative estimate of drug-likeness (QED) is 0.608. The van der Waals surface area contributed by atoms with E-state index in [-0.39, 0.29) is 0 Å². The van der Waals surface area contributed by atoms with Gasteiger partial charge in [0.15, 0.2) is 0 Å². The van der Waals surface area contributed by atoms with Crippen molar-refractivity contribution in [1.29, 1.82) is 0 Å². The Balaban J connectivity index is 3.58. The summed E-state index contributed by atoms with van der Waals surface area (Å²) in [6, 6.07) is 0. The molecule has 0 bridgehead atoms. The van der Waals surface area contributed by atoms with Crippen LogP contribution in [0.25, 0.3) is 0 Å². The lowest BCUT2D eigenvalue weighted by molar-refractivity contribution is -0.119. The van der Waals surface area contributed by atoms with Crippen molar-refractivity contribution >= 4 is 5.78 Å². The van der Waals surface area contributed by atoms with Crippen molar-refractivity contribution in [2.75, 3.05) is 20.1 Å². The second-order valence-corrected chi connectivity index (χ2v) is 3.60. The third-order valence-electron chi connectivity index (χ3n) is 2.16. The van der Waals surface area contributed by atoms with Crippen LogP contribution in [0.1, 0.15) is 33.6 Å². The summed E-state index contributed by atoms with van der Waals surface area (Å²) in [7, 11) is 2.01. The SMILES string of the molecule is CCC(=O)CN(C)CC(C)CC. The van der Waals surface area contributed by atoms with Gasteiger partial charge in [-0.25, -0.2) is 0 Å². The first-order valence-electron chi connectivity index (χ1n) is 4.80. The molecule has 0 rings (SSSR count). The number of nitrogens with zero attached hydrogens (tertiary/aromatic N) is 1. The van der Waals surface area contributed by atoms with Crippen LogP contribution in [0, 0.1) is 5.92 Å². The van der Waals surface area contributed by atoms with Crippen LogP contribution in [-0.2, 0) is 4.79 Å². The first kappa shape index (κ1) is 11.6. The molecule has 0 spiro atoms. The standard InChI is InChI=1S/C10H21NO/c1-5-9(3)7-11(4)8-10(12)6-2/h9H,5-8H2,1-4H3. The molecule has 0 aromatic rings. The lowest BCUT2D eigenvalue weighted by Gasteiger charge is -2.19. The maximum Gasteiger partial charge on any atom is 0.146 e. The number of hydrogen-bond acceptors (Lipinski definition) is 2. The predicted octanol–water partition coefficient (Wildman–Crippen LogP) is 1.94. The second-order valence-electron chi connectivity index (χ2n) is 3.60. The summed E-state index contributed by atoms with van der Waals surface area (Å²) >= 11 is 0. The zero-order valence-corrected chi connectivity index (χ0v) is 8.76. The highest BCUT2D eigenvalue weighted by Crippen LogP contribution is 2.02. The van der Waals surface area contributed by atoms with E-state index in [2.05, 4.69) is 18.7 Å². The molecule has 2 heteroatoms. The van der Waals surface area contributed by atoms with Crippen molar-refractivity contribution in [3.63, 3.8) is 0 Å². The van der Waals surface area contributed by atoms with E-state index in [1.165, 1.54) is 6.42 Å². The molecule has 0 N–H and O–H groups in total. The third kappa shape index (κ3) is 5.30. The summed E-state index contributed by atoms with van der Waals surface area (Å²) in [6.07, 6.45) is 1.84. The van der Waals surface area contributed by atoms with Gasteiger partial charge in [0, 0.05) is 13.0 Å².